The largest absolute Gasteiger partial charge is 0.494 e. The van der Waals surface area contributed by atoms with Crippen LogP contribution in [0.3, 0.4) is 0 Å². The number of aryl methyl sites for hydroxylation is 1. The van der Waals surface area contributed by atoms with Gasteiger partial charge in [0.25, 0.3) is 0 Å². The molecular formula is C11H14BrIO. The SMILES string of the molecule is CCOc1cc(I)cc(CCCBr)c1. The number of hydrogen-bond acceptors (Lipinski definition) is 1. The first-order valence-corrected chi connectivity index (χ1v) is 6.94. The van der Waals surface area contributed by atoms with Crippen molar-refractivity contribution in [2.45, 2.75) is 19.8 Å². The third-order valence-electron chi connectivity index (χ3n) is 1.84. The monoisotopic (exact) mass is 368 g/mol. The normalized spacial score (nSPS) is 10.2. The minimum atomic E-state index is 0.734. The van der Waals surface area contributed by atoms with Gasteiger partial charge in [0.15, 0.2) is 0 Å². The second kappa shape index (κ2) is 6.67. The molecule has 0 unspecified atom stereocenters. The van der Waals surface area contributed by atoms with Crippen molar-refractivity contribution in [2.24, 2.45) is 0 Å². The summed E-state index contributed by atoms with van der Waals surface area (Å²) in [6, 6.07) is 6.42. The van der Waals surface area contributed by atoms with E-state index in [1.54, 1.807) is 0 Å². The number of benzene rings is 1. The Kier molecular flexibility index (Phi) is 5.86. The van der Waals surface area contributed by atoms with Crippen LogP contribution in [-0.2, 0) is 6.42 Å². The van der Waals surface area contributed by atoms with E-state index in [4.69, 9.17) is 4.74 Å². The minimum absolute atomic E-state index is 0.734. The first-order valence-electron chi connectivity index (χ1n) is 4.74. The highest BCUT2D eigenvalue weighted by molar-refractivity contribution is 14.1. The molecule has 0 spiro atoms. The molecule has 1 aromatic rings. The van der Waals surface area contributed by atoms with E-state index in [0.717, 1.165) is 24.1 Å². The molecule has 0 saturated heterocycles. The summed E-state index contributed by atoms with van der Waals surface area (Å²) < 4.78 is 6.74. The van der Waals surface area contributed by atoms with Crippen molar-refractivity contribution >= 4 is 38.5 Å². The molecule has 1 aromatic carbocycles. The molecule has 0 radical (unpaired) electrons. The van der Waals surface area contributed by atoms with Gasteiger partial charge in [0, 0.05) is 8.90 Å². The van der Waals surface area contributed by atoms with E-state index in [1.807, 2.05) is 6.92 Å². The lowest BCUT2D eigenvalue weighted by atomic mass is 10.1. The summed E-state index contributed by atoms with van der Waals surface area (Å²) >= 11 is 5.77. The van der Waals surface area contributed by atoms with Crippen LogP contribution in [0.2, 0.25) is 0 Å². The fourth-order valence-corrected chi connectivity index (χ4v) is 2.27. The summed E-state index contributed by atoms with van der Waals surface area (Å²) in [6.07, 6.45) is 2.29. The quantitative estimate of drug-likeness (QED) is 0.563. The van der Waals surface area contributed by atoms with Crippen LogP contribution in [0.5, 0.6) is 5.75 Å². The molecule has 0 amide bonds. The molecule has 14 heavy (non-hydrogen) atoms. The lowest BCUT2D eigenvalue weighted by Gasteiger charge is -2.06. The third-order valence-corrected chi connectivity index (χ3v) is 3.02. The molecule has 0 heterocycles. The van der Waals surface area contributed by atoms with E-state index < -0.39 is 0 Å². The van der Waals surface area contributed by atoms with Crippen molar-refractivity contribution in [3.63, 3.8) is 0 Å². The van der Waals surface area contributed by atoms with Gasteiger partial charge in [-0.3, -0.25) is 0 Å². The average molecular weight is 369 g/mol. The molecule has 0 N–H and O–H groups in total. The molecule has 1 rings (SSSR count). The van der Waals surface area contributed by atoms with Crippen LogP contribution < -0.4 is 4.74 Å². The Balaban J connectivity index is 2.73. The van der Waals surface area contributed by atoms with E-state index >= 15 is 0 Å². The highest BCUT2D eigenvalue weighted by atomic mass is 127. The molecule has 0 aliphatic heterocycles. The van der Waals surface area contributed by atoms with Crippen molar-refractivity contribution in [2.75, 3.05) is 11.9 Å². The number of alkyl halides is 1. The van der Waals surface area contributed by atoms with Crippen LogP contribution in [0.25, 0.3) is 0 Å². The van der Waals surface area contributed by atoms with Gasteiger partial charge in [-0.25, -0.2) is 0 Å². The zero-order valence-corrected chi connectivity index (χ0v) is 12.0. The van der Waals surface area contributed by atoms with E-state index in [1.165, 1.54) is 15.6 Å². The topological polar surface area (TPSA) is 9.23 Å². The zero-order valence-electron chi connectivity index (χ0n) is 8.22. The summed E-state index contributed by atoms with van der Waals surface area (Å²) in [7, 11) is 0. The maximum Gasteiger partial charge on any atom is 0.120 e. The fourth-order valence-electron chi connectivity index (χ4n) is 1.29. The second-order valence-corrected chi connectivity index (χ2v) is 5.06. The second-order valence-electron chi connectivity index (χ2n) is 3.02. The molecule has 0 aromatic heterocycles. The molecule has 0 saturated carbocycles. The Morgan fingerprint density at radius 2 is 2.14 bits per heavy atom. The highest BCUT2D eigenvalue weighted by Crippen LogP contribution is 2.20. The van der Waals surface area contributed by atoms with Crippen LogP contribution in [0, 0.1) is 3.57 Å². The highest BCUT2D eigenvalue weighted by Gasteiger charge is 1.99. The summed E-state index contributed by atoms with van der Waals surface area (Å²) in [5, 5.41) is 1.06. The lowest BCUT2D eigenvalue weighted by molar-refractivity contribution is 0.339. The third kappa shape index (κ3) is 4.17. The number of hydrogen-bond donors (Lipinski definition) is 0. The van der Waals surface area contributed by atoms with Gasteiger partial charge < -0.3 is 4.74 Å². The predicted octanol–water partition coefficient (Wildman–Crippen LogP) is 4.02. The maximum atomic E-state index is 5.49. The molecular weight excluding hydrogens is 355 g/mol. The summed E-state index contributed by atoms with van der Waals surface area (Å²) in [4.78, 5) is 0. The number of ether oxygens (including phenoxy) is 1. The maximum absolute atomic E-state index is 5.49. The average Bonchev–Trinajstić information content (AvgIpc) is 2.14. The van der Waals surface area contributed by atoms with Gasteiger partial charge in [-0.2, -0.15) is 0 Å². The Morgan fingerprint density at radius 3 is 2.79 bits per heavy atom. The van der Waals surface area contributed by atoms with E-state index in [0.29, 0.717) is 0 Å². The molecule has 0 atom stereocenters. The molecule has 78 valence electrons. The smallest absolute Gasteiger partial charge is 0.120 e. The van der Waals surface area contributed by atoms with Crippen molar-refractivity contribution in [1.82, 2.24) is 0 Å². The Hall–Kier alpha value is 0.230. The fraction of sp³-hybridized carbons (Fsp3) is 0.455. The summed E-state index contributed by atoms with van der Waals surface area (Å²) in [6.45, 7) is 2.75. The number of halogens is 2. The predicted molar refractivity (Wildman–Crippen MR) is 72.4 cm³/mol. The zero-order chi connectivity index (χ0) is 10.4. The number of rotatable bonds is 5. The van der Waals surface area contributed by atoms with E-state index in [2.05, 4.69) is 56.7 Å². The van der Waals surface area contributed by atoms with Gasteiger partial charge in [-0.15, -0.1) is 0 Å². The molecule has 0 bridgehead atoms. The van der Waals surface area contributed by atoms with Gasteiger partial charge in [-0.05, 0) is 66.1 Å². The van der Waals surface area contributed by atoms with Crippen LogP contribution in [0.4, 0.5) is 0 Å². The first-order chi connectivity index (χ1) is 6.76. The van der Waals surface area contributed by atoms with Crippen molar-refractivity contribution < 1.29 is 4.74 Å². The molecule has 3 heteroatoms. The molecule has 1 nitrogen and oxygen atoms in total. The van der Waals surface area contributed by atoms with Crippen LogP contribution in [0.1, 0.15) is 18.9 Å². The van der Waals surface area contributed by atoms with Crippen molar-refractivity contribution in [3.8, 4) is 5.75 Å². The van der Waals surface area contributed by atoms with Gasteiger partial charge in [0.05, 0.1) is 6.61 Å². The standard InChI is InChI=1S/C11H14BrIO/c1-2-14-11-7-9(4-3-5-12)6-10(13)8-11/h6-8H,2-5H2,1H3. The van der Waals surface area contributed by atoms with Crippen LogP contribution in [-0.4, -0.2) is 11.9 Å². The lowest BCUT2D eigenvalue weighted by Crippen LogP contribution is -1.94. The van der Waals surface area contributed by atoms with Crippen LogP contribution >= 0.6 is 38.5 Å². The Bertz CT molecular complexity index is 289. The van der Waals surface area contributed by atoms with Crippen molar-refractivity contribution in [3.05, 3.63) is 27.3 Å². The Morgan fingerprint density at radius 1 is 1.36 bits per heavy atom. The Labute approximate surface area is 107 Å². The summed E-state index contributed by atoms with van der Waals surface area (Å²) in [5.41, 5.74) is 1.36. The summed E-state index contributed by atoms with van der Waals surface area (Å²) in [5.74, 6) is 0.990. The van der Waals surface area contributed by atoms with Crippen LogP contribution in [0.15, 0.2) is 18.2 Å². The van der Waals surface area contributed by atoms with E-state index in [-0.39, 0.29) is 0 Å². The molecule has 0 fully saturated rings. The van der Waals surface area contributed by atoms with Gasteiger partial charge in [-0.1, -0.05) is 15.9 Å². The molecule has 0 aliphatic carbocycles. The van der Waals surface area contributed by atoms with Gasteiger partial charge in [0.2, 0.25) is 0 Å². The van der Waals surface area contributed by atoms with Crippen molar-refractivity contribution in [1.29, 1.82) is 0 Å². The van der Waals surface area contributed by atoms with Gasteiger partial charge >= 0.3 is 0 Å². The molecule has 0 aliphatic rings. The first kappa shape index (κ1) is 12.3. The van der Waals surface area contributed by atoms with E-state index in [9.17, 15) is 0 Å². The van der Waals surface area contributed by atoms with Gasteiger partial charge in [0.1, 0.15) is 5.75 Å². The minimum Gasteiger partial charge on any atom is -0.494 e.